The quantitative estimate of drug-likeness (QED) is 0.836. The molecule has 0 fully saturated rings. The number of methoxy groups -OCH3 is 1. The Morgan fingerprint density at radius 2 is 2.00 bits per heavy atom. The number of rotatable bonds is 4. The first-order valence-electron chi connectivity index (χ1n) is 4.70. The highest BCUT2D eigenvalue weighted by atomic mass is 79.9. The van der Waals surface area contributed by atoms with Crippen LogP contribution in [0.3, 0.4) is 0 Å². The van der Waals surface area contributed by atoms with Gasteiger partial charge in [-0.3, -0.25) is 0 Å². The first-order chi connectivity index (χ1) is 7.04. The summed E-state index contributed by atoms with van der Waals surface area (Å²) >= 11 is 3.09. The molecule has 15 heavy (non-hydrogen) atoms. The molecule has 1 rings (SSSR count). The summed E-state index contributed by atoms with van der Waals surface area (Å²) in [5, 5.41) is 0. The molecule has 0 aliphatic heterocycles. The van der Waals surface area contributed by atoms with Crippen LogP contribution in [0.15, 0.2) is 16.6 Å². The van der Waals surface area contributed by atoms with Crippen molar-refractivity contribution < 1.29 is 13.9 Å². The number of ether oxygens (including phenoxy) is 2. The van der Waals surface area contributed by atoms with Crippen LogP contribution >= 0.6 is 15.9 Å². The van der Waals surface area contributed by atoms with Gasteiger partial charge in [-0.05, 0) is 21.8 Å². The highest BCUT2D eigenvalue weighted by Gasteiger charge is 2.10. The minimum absolute atomic E-state index is 0.352. The van der Waals surface area contributed by atoms with Gasteiger partial charge in [0, 0.05) is 12.1 Å². The van der Waals surface area contributed by atoms with Crippen LogP contribution in [0.5, 0.6) is 11.5 Å². The second-order valence-corrected chi connectivity index (χ2v) is 4.48. The normalized spacial score (nSPS) is 10.5. The van der Waals surface area contributed by atoms with E-state index in [1.807, 2.05) is 13.8 Å². The van der Waals surface area contributed by atoms with Crippen LogP contribution in [0.4, 0.5) is 4.39 Å². The van der Waals surface area contributed by atoms with Crippen molar-refractivity contribution in [1.29, 1.82) is 0 Å². The fourth-order valence-electron chi connectivity index (χ4n) is 1.04. The van der Waals surface area contributed by atoms with Crippen molar-refractivity contribution in [3.8, 4) is 11.5 Å². The Balaban J connectivity index is 2.89. The lowest BCUT2D eigenvalue weighted by Gasteiger charge is -2.12. The van der Waals surface area contributed by atoms with Gasteiger partial charge in [0.2, 0.25) is 0 Å². The molecule has 0 atom stereocenters. The largest absolute Gasteiger partial charge is 0.493 e. The zero-order chi connectivity index (χ0) is 11.4. The van der Waals surface area contributed by atoms with Crippen molar-refractivity contribution in [3.05, 3.63) is 22.4 Å². The van der Waals surface area contributed by atoms with E-state index in [2.05, 4.69) is 15.9 Å². The molecular weight excluding hydrogens is 263 g/mol. The zero-order valence-electron chi connectivity index (χ0n) is 9.01. The fourth-order valence-corrected chi connectivity index (χ4v) is 1.36. The summed E-state index contributed by atoms with van der Waals surface area (Å²) in [6.45, 7) is 4.60. The highest BCUT2D eigenvalue weighted by Crippen LogP contribution is 2.32. The van der Waals surface area contributed by atoms with Crippen LogP contribution in [0.1, 0.15) is 13.8 Å². The monoisotopic (exact) mass is 276 g/mol. The summed E-state index contributed by atoms with van der Waals surface area (Å²) in [6, 6.07) is 2.89. The van der Waals surface area contributed by atoms with Crippen molar-refractivity contribution in [2.75, 3.05) is 13.7 Å². The maximum Gasteiger partial charge on any atom is 0.164 e. The first kappa shape index (κ1) is 12.3. The Morgan fingerprint density at radius 3 is 2.53 bits per heavy atom. The number of halogens is 2. The molecule has 1 aromatic rings. The van der Waals surface area contributed by atoms with E-state index in [1.54, 1.807) is 6.07 Å². The van der Waals surface area contributed by atoms with Crippen LogP contribution in [0, 0.1) is 11.7 Å². The van der Waals surface area contributed by atoms with Crippen LogP contribution in [0.25, 0.3) is 0 Å². The van der Waals surface area contributed by atoms with Crippen molar-refractivity contribution in [3.63, 3.8) is 0 Å². The van der Waals surface area contributed by atoms with Gasteiger partial charge in [0.1, 0.15) is 5.82 Å². The number of benzene rings is 1. The van der Waals surface area contributed by atoms with E-state index in [-0.39, 0.29) is 5.82 Å². The van der Waals surface area contributed by atoms with Crippen molar-refractivity contribution >= 4 is 15.9 Å². The molecule has 4 heteroatoms. The van der Waals surface area contributed by atoms with Crippen molar-refractivity contribution in [1.82, 2.24) is 0 Å². The van der Waals surface area contributed by atoms with Crippen LogP contribution < -0.4 is 9.47 Å². The number of hydrogen-bond acceptors (Lipinski definition) is 2. The molecular formula is C11H14BrFO2. The van der Waals surface area contributed by atoms with E-state index < -0.39 is 0 Å². The third kappa shape index (κ3) is 3.38. The van der Waals surface area contributed by atoms with E-state index in [1.165, 1.54) is 13.2 Å². The Bertz CT molecular complexity index is 340. The lowest BCUT2D eigenvalue weighted by Crippen LogP contribution is -2.05. The molecule has 0 unspecified atom stereocenters. The van der Waals surface area contributed by atoms with E-state index in [9.17, 15) is 4.39 Å². The summed E-state index contributed by atoms with van der Waals surface area (Å²) in [4.78, 5) is 0. The van der Waals surface area contributed by atoms with Crippen molar-refractivity contribution in [2.24, 2.45) is 5.92 Å². The summed E-state index contributed by atoms with van der Waals surface area (Å²) in [5.41, 5.74) is 0. The fraction of sp³-hybridized carbons (Fsp3) is 0.455. The summed E-state index contributed by atoms with van der Waals surface area (Å²) in [7, 11) is 1.53. The Labute approximate surface area is 97.5 Å². The predicted octanol–water partition coefficient (Wildman–Crippen LogP) is 3.63. The SMILES string of the molecule is COc1cc(Br)c(F)cc1OCC(C)C. The standard InChI is InChI=1S/C11H14BrFO2/c1-7(2)6-15-11-5-9(13)8(12)4-10(11)14-3/h4-5,7H,6H2,1-3H3. The minimum Gasteiger partial charge on any atom is -0.493 e. The van der Waals surface area contributed by atoms with Gasteiger partial charge in [0.15, 0.2) is 11.5 Å². The third-order valence-electron chi connectivity index (χ3n) is 1.78. The molecule has 0 saturated heterocycles. The molecule has 0 aliphatic carbocycles. The highest BCUT2D eigenvalue weighted by molar-refractivity contribution is 9.10. The van der Waals surface area contributed by atoms with Gasteiger partial charge in [0.25, 0.3) is 0 Å². The molecule has 1 aromatic carbocycles. The van der Waals surface area contributed by atoms with E-state index in [0.29, 0.717) is 28.5 Å². The average molecular weight is 277 g/mol. The van der Waals surface area contributed by atoms with Crippen LogP contribution in [-0.4, -0.2) is 13.7 Å². The molecule has 0 bridgehead atoms. The Morgan fingerprint density at radius 1 is 1.33 bits per heavy atom. The molecule has 0 saturated carbocycles. The van der Waals surface area contributed by atoms with Gasteiger partial charge in [-0.2, -0.15) is 0 Å². The topological polar surface area (TPSA) is 18.5 Å². The zero-order valence-corrected chi connectivity index (χ0v) is 10.6. The molecule has 0 radical (unpaired) electrons. The molecule has 0 N–H and O–H groups in total. The maximum absolute atomic E-state index is 13.2. The predicted molar refractivity (Wildman–Crippen MR) is 61.0 cm³/mol. The third-order valence-corrected chi connectivity index (χ3v) is 2.39. The van der Waals surface area contributed by atoms with Gasteiger partial charge in [0.05, 0.1) is 18.2 Å². The summed E-state index contributed by atoms with van der Waals surface area (Å²) < 4.78 is 24.1. The van der Waals surface area contributed by atoms with Crippen LogP contribution in [0.2, 0.25) is 0 Å². The molecule has 0 aliphatic rings. The summed E-state index contributed by atoms with van der Waals surface area (Å²) in [6.07, 6.45) is 0. The smallest absolute Gasteiger partial charge is 0.164 e. The molecule has 0 spiro atoms. The number of hydrogen-bond donors (Lipinski definition) is 0. The molecule has 0 heterocycles. The molecule has 0 amide bonds. The van der Waals surface area contributed by atoms with E-state index in [0.717, 1.165) is 0 Å². The Hall–Kier alpha value is -0.770. The van der Waals surface area contributed by atoms with E-state index in [4.69, 9.17) is 9.47 Å². The van der Waals surface area contributed by atoms with Gasteiger partial charge < -0.3 is 9.47 Å². The summed E-state index contributed by atoms with van der Waals surface area (Å²) in [5.74, 6) is 1.01. The van der Waals surface area contributed by atoms with E-state index >= 15 is 0 Å². The molecule has 84 valence electrons. The second-order valence-electron chi connectivity index (χ2n) is 3.62. The van der Waals surface area contributed by atoms with Gasteiger partial charge in [-0.15, -0.1) is 0 Å². The van der Waals surface area contributed by atoms with Crippen LogP contribution in [-0.2, 0) is 0 Å². The molecule has 0 aromatic heterocycles. The van der Waals surface area contributed by atoms with Gasteiger partial charge >= 0.3 is 0 Å². The lowest BCUT2D eigenvalue weighted by molar-refractivity contribution is 0.255. The average Bonchev–Trinajstić information content (AvgIpc) is 2.19. The first-order valence-corrected chi connectivity index (χ1v) is 5.49. The Kier molecular flexibility index (Phi) is 4.39. The molecule has 2 nitrogen and oxygen atoms in total. The second kappa shape index (κ2) is 5.35. The van der Waals surface area contributed by atoms with Gasteiger partial charge in [-0.25, -0.2) is 4.39 Å². The minimum atomic E-state index is -0.352. The maximum atomic E-state index is 13.2. The lowest BCUT2D eigenvalue weighted by atomic mass is 10.2. The van der Waals surface area contributed by atoms with Crippen molar-refractivity contribution in [2.45, 2.75) is 13.8 Å². The van der Waals surface area contributed by atoms with Gasteiger partial charge in [-0.1, -0.05) is 13.8 Å².